The van der Waals surface area contributed by atoms with E-state index in [-0.39, 0.29) is 10.3 Å². The highest BCUT2D eigenvalue weighted by Gasteiger charge is 2.10. The summed E-state index contributed by atoms with van der Waals surface area (Å²) in [4.78, 5) is 11.0. The van der Waals surface area contributed by atoms with Crippen molar-refractivity contribution in [3.05, 3.63) is 27.1 Å². The first-order valence-electron chi connectivity index (χ1n) is 4.76. The largest absolute Gasteiger partial charge is 0.324 e. The number of rotatable bonds is 6. The van der Waals surface area contributed by atoms with E-state index in [4.69, 9.17) is 0 Å². The summed E-state index contributed by atoms with van der Waals surface area (Å²) in [5, 5.41) is 13.8. The monoisotopic (exact) mass is 262 g/mol. The molecule has 1 aromatic rings. The molecule has 0 amide bonds. The van der Waals surface area contributed by atoms with Gasteiger partial charge in [0.05, 0.1) is 4.92 Å². The number of nitrogens with one attached hydrogen (secondary N) is 1. The molecule has 5 nitrogen and oxygen atoms in total. The third-order valence-corrected chi connectivity index (χ3v) is 4.46. The highest BCUT2D eigenvalue weighted by Crippen LogP contribution is 2.23. The number of hydrogen-bond donors (Lipinski definition) is 1. The predicted octanol–water partition coefficient (Wildman–Crippen LogP) is 1.51. The maximum atomic E-state index is 11.1. The van der Waals surface area contributed by atoms with Crippen LogP contribution in [0.1, 0.15) is 11.8 Å². The van der Waals surface area contributed by atoms with Gasteiger partial charge in [-0.25, -0.2) is 0 Å². The van der Waals surface area contributed by atoms with E-state index in [1.807, 2.05) is 6.92 Å². The van der Waals surface area contributed by atoms with E-state index < -0.39 is 15.7 Å². The first-order chi connectivity index (χ1) is 7.50. The van der Waals surface area contributed by atoms with Crippen LogP contribution < -0.4 is 5.32 Å². The van der Waals surface area contributed by atoms with Gasteiger partial charge in [0.15, 0.2) is 0 Å². The highest BCUT2D eigenvalue weighted by atomic mass is 32.2. The van der Waals surface area contributed by atoms with E-state index in [0.717, 1.165) is 16.2 Å². The molecule has 2 atom stereocenters. The SMILES string of the molecule is CC(CNCc1ccc([N+](=O)[O-])s1)S(C)=O. The standard InChI is InChI=1S/C9H14N2O3S2/c1-7(16(2)14)5-10-6-8-3-4-9(15-8)11(12)13/h3-4,7,10H,5-6H2,1-2H3. The van der Waals surface area contributed by atoms with Crippen LogP contribution in [-0.2, 0) is 17.3 Å². The van der Waals surface area contributed by atoms with Crippen molar-refractivity contribution >= 4 is 27.1 Å². The predicted molar refractivity (Wildman–Crippen MR) is 66.2 cm³/mol. The molecular formula is C9H14N2O3S2. The Hall–Kier alpha value is -0.790. The smallest absolute Gasteiger partial charge is 0.311 e. The van der Waals surface area contributed by atoms with Gasteiger partial charge in [-0.2, -0.15) is 0 Å². The second kappa shape index (κ2) is 6.07. The third-order valence-electron chi connectivity index (χ3n) is 2.13. The van der Waals surface area contributed by atoms with E-state index in [0.29, 0.717) is 13.1 Å². The first kappa shape index (κ1) is 13.3. The highest BCUT2D eigenvalue weighted by molar-refractivity contribution is 7.84. The molecule has 0 fully saturated rings. The molecule has 0 saturated carbocycles. The summed E-state index contributed by atoms with van der Waals surface area (Å²) in [7, 11) is -0.838. The average molecular weight is 262 g/mol. The molecule has 0 aromatic carbocycles. The van der Waals surface area contributed by atoms with Crippen LogP contribution in [0.5, 0.6) is 0 Å². The Kier molecular flexibility index (Phi) is 5.04. The van der Waals surface area contributed by atoms with Crippen molar-refractivity contribution in [3.8, 4) is 0 Å². The van der Waals surface area contributed by atoms with Gasteiger partial charge < -0.3 is 5.32 Å². The van der Waals surface area contributed by atoms with Crippen molar-refractivity contribution in [1.82, 2.24) is 5.32 Å². The molecule has 1 rings (SSSR count). The summed E-state index contributed by atoms with van der Waals surface area (Å²) >= 11 is 1.16. The molecule has 0 aliphatic carbocycles. The van der Waals surface area contributed by atoms with Crippen molar-refractivity contribution in [2.24, 2.45) is 0 Å². The normalized spacial score (nSPS) is 14.6. The van der Waals surface area contributed by atoms with E-state index in [1.54, 1.807) is 12.3 Å². The van der Waals surface area contributed by atoms with Gasteiger partial charge in [0.25, 0.3) is 0 Å². The summed E-state index contributed by atoms with van der Waals surface area (Å²) in [6, 6.07) is 3.24. The van der Waals surface area contributed by atoms with Crippen LogP contribution in [-0.4, -0.2) is 27.2 Å². The third kappa shape index (κ3) is 3.99. The van der Waals surface area contributed by atoms with E-state index in [1.165, 1.54) is 6.07 Å². The minimum absolute atomic E-state index is 0.0925. The number of nitro groups is 1. The molecule has 0 saturated heterocycles. The lowest BCUT2D eigenvalue weighted by molar-refractivity contribution is -0.380. The molecule has 7 heteroatoms. The van der Waals surface area contributed by atoms with Gasteiger partial charge in [-0.05, 0) is 13.0 Å². The van der Waals surface area contributed by atoms with Crippen LogP contribution in [0.4, 0.5) is 5.00 Å². The van der Waals surface area contributed by atoms with E-state index in [9.17, 15) is 14.3 Å². The second-order valence-electron chi connectivity index (χ2n) is 3.44. The van der Waals surface area contributed by atoms with Crippen LogP contribution >= 0.6 is 11.3 Å². The van der Waals surface area contributed by atoms with Crippen LogP contribution in [0.3, 0.4) is 0 Å². The topological polar surface area (TPSA) is 72.2 Å². The molecule has 1 heterocycles. The van der Waals surface area contributed by atoms with Gasteiger partial charge >= 0.3 is 5.00 Å². The molecule has 0 spiro atoms. The van der Waals surface area contributed by atoms with Gasteiger partial charge in [0.1, 0.15) is 0 Å². The molecule has 16 heavy (non-hydrogen) atoms. The van der Waals surface area contributed by atoms with Crippen LogP contribution in [0.25, 0.3) is 0 Å². The molecule has 2 unspecified atom stereocenters. The van der Waals surface area contributed by atoms with Gasteiger partial charge in [-0.1, -0.05) is 11.3 Å². The molecule has 0 radical (unpaired) electrons. The summed E-state index contributed by atoms with van der Waals surface area (Å²) in [6.45, 7) is 3.13. The fraction of sp³-hybridized carbons (Fsp3) is 0.556. The van der Waals surface area contributed by atoms with Crippen molar-refractivity contribution < 1.29 is 9.13 Å². The van der Waals surface area contributed by atoms with Crippen molar-refractivity contribution in [2.45, 2.75) is 18.7 Å². The molecule has 1 aromatic heterocycles. The Balaban J connectivity index is 2.37. The lowest BCUT2D eigenvalue weighted by Gasteiger charge is -2.08. The molecule has 0 bridgehead atoms. The maximum Gasteiger partial charge on any atom is 0.324 e. The minimum atomic E-state index is -0.838. The maximum absolute atomic E-state index is 11.1. The van der Waals surface area contributed by atoms with Crippen LogP contribution in [0.15, 0.2) is 12.1 Å². The zero-order chi connectivity index (χ0) is 12.1. The lowest BCUT2D eigenvalue weighted by Crippen LogP contribution is -2.26. The van der Waals surface area contributed by atoms with Crippen molar-refractivity contribution in [2.75, 3.05) is 12.8 Å². The van der Waals surface area contributed by atoms with Gasteiger partial charge in [-0.3, -0.25) is 14.3 Å². The summed E-state index contributed by atoms with van der Waals surface area (Å²) < 4.78 is 11.1. The first-order valence-corrected chi connectivity index (χ1v) is 7.20. The molecule has 90 valence electrons. The van der Waals surface area contributed by atoms with Gasteiger partial charge in [-0.15, -0.1) is 0 Å². The second-order valence-corrected chi connectivity index (χ2v) is 6.39. The zero-order valence-corrected chi connectivity index (χ0v) is 10.8. The van der Waals surface area contributed by atoms with Crippen LogP contribution in [0.2, 0.25) is 0 Å². The number of nitrogens with zero attached hydrogens (tertiary/aromatic N) is 1. The minimum Gasteiger partial charge on any atom is -0.311 e. The van der Waals surface area contributed by atoms with Crippen molar-refractivity contribution in [3.63, 3.8) is 0 Å². The van der Waals surface area contributed by atoms with Gasteiger partial charge in [0, 0.05) is 46.3 Å². The van der Waals surface area contributed by atoms with Gasteiger partial charge in [0.2, 0.25) is 0 Å². The van der Waals surface area contributed by atoms with Crippen LogP contribution in [0, 0.1) is 10.1 Å². The molecule has 0 aliphatic heterocycles. The summed E-state index contributed by atoms with van der Waals surface area (Å²) in [5.74, 6) is 0. The average Bonchev–Trinajstić information content (AvgIpc) is 2.66. The Labute approximate surface area is 100 Å². The van der Waals surface area contributed by atoms with E-state index >= 15 is 0 Å². The quantitative estimate of drug-likeness (QED) is 0.623. The fourth-order valence-corrected chi connectivity index (χ4v) is 2.22. The Bertz CT molecular complexity index is 392. The lowest BCUT2D eigenvalue weighted by atomic mass is 10.4. The number of hydrogen-bond acceptors (Lipinski definition) is 5. The Morgan fingerprint density at radius 1 is 1.62 bits per heavy atom. The zero-order valence-electron chi connectivity index (χ0n) is 9.13. The summed E-state index contributed by atoms with van der Waals surface area (Å²) in [6.07, 6.45) is 1.67. The summed E-state index contributed by atoms with van der Waals surface area (Å²) in [5.41, 5.74) is 0. The molecule has 0 aliphatic rings. The number of thiophene rings is 1. The molecule has 1 N–H and O–H groups in total. The van der Waals surface area contributed by atoms with E-state index in [2.05, 4.69) is 5.32 Å². The fourth-order valence-electron chi connectivity index (χ4n) is 1.08. The molecular weight excluding hydrogens is 248 g/mol. The Morgan fingerprint density at radius 3 is 2.81 bits per heavy atom. The Morgan fingerprint density at radius 2 is 2.31 bits per heavy atom. The van der Waals surface area contributed by atoms with Crippen molar-refractivity contribution in [1.29, 1.82) is 0 Å².